The molecular formula is C24H30N6O3S. The molecular weight excluding hydrogens is 452 g/mol. The number of anilines is 3. The van der Waals surface area contributed by atoms with Gasteiger partial charge in [-0.15, -0.1) is 0 Å². The summed E-state index contributed by atoms with van der Waals surface area (Å²) in [5, 5.41) is 25.6. The summed E-state index contributed by atoms with van der Waals surface area (Å²) >= 11 is 1.32. The molecule has 1 aromatic heterocycles. The highest BCUT2D eigenvalue weighted by Crippen LogP contribution is 2.32. The fourth-order valence-electron chi connectivity index (χ4n) is 3.58. The van der Waals surface area contributed by atoms with Crippen molar-refractivity contribution in [1.29, 1.82) is 0 Å². The van der Waals surface area contributed by atoms with Gasteiger partial charge >= 0.3 is 0 Å². The van der Waals surface area contributed by atoms with Crippen LogP contribution < -0.4 is 25.8 Å². The topological polar surface area (TPSA) is 138 Å². The van der Waals surface area contributed by atoms with Gasteiger partial charge in [-0.25, -0.2) is 9.97 Å². The maximum absolute atomic E-state index is 10.3. The van der Waals surface area contributed by atoms with Crippen molar-refractivity contribution in [2.75, 3.05) is 37.3 Å². The van der Waals surface area contributed by atoms with Gasteiger partial charge in [-0.05, 0) is 80.7 Å². The summed E-state index contributed by atoms with van der Waals surface area (Å²) in [5.74, 6) is 1.24. The number of ether oxygens (including phenoxy) is 1. The number of aromatic hydroxyl groups is 1. The van der Waals surface area contributed by atoms with E-state index in [1.165, 1.54) is 11.9 Å². The van der Waals surface area contributed by atoms with Crippen LogP contribution in [0.4, 0.5) is 17.3 Å². The number of rotatable bonds is 10. The molecule has 4 rings (SSSR count). The van der Waals surface area contributed by atoms with E-state index in [1.807, 2.05) is 30.3 Å². The van der Waals surface area contributed by atoms with Crippen LogP contribution in [0.25, 0.3) is 11.3 Å². The first-order valence-electron chi connectivity index (χ1n) is 11.3. The minimum absolute atomic E-state index is 0.129. The Morgan fingerprint density at radius 2 is 2.00 bits per heavy atom. The number of nitrogens with two attached hydrogens (primary N) is 1. The Labute approximate surface area is 203 Å². The zero-order valence-electron chi connectivity index (χ0n) is 18.8. The second-order valence-corrected chi connectivity index (χ2v) is 8.90. The van der Waals surface area contributed by atoms with E-state index in [-0.39, 0.29) is 18.5 Å². The number of phenols is 1. The highest BCUT2D eigenvalue weighted by Gasteiger charge is 2.16. The van der Waals surface area contributed by atoms with E-state index in [9.17, 15) is 5.11 Å². The third kappa shape index (κ3) is 6.51. The molecule has 0 spiro atoms. The highest BCUT2D eigenvalue weighted by atomic mass is 32.2. The van der Waals surface area contributed by atoms with Crippen LogP contribution in [0.5, 0.6) is 11.5 Å². The van der Waals surface area contributed by atoms with Crippen molar-refractivity contribution in [1.82, 2.24) is 20.0 Å². The molecule has 0 atom stereocenters. The Hall–Kier alpha value is -3.05. The van der Waals surface area contributed by atoms with Gasteiger partial charge in [0.1, 0.15) is 17.6 Å². The van der Waals surface area contributed by atoms with Crippen LogP contribution in [0.15, 0.2) is 53.6 Å². The number of aliphatic hydroxyl groups excluding tert-OH is 1. The van der Waals surface area contributed by atoms with Crippen LogP contribution in [0.3, 0.4) is 0 Å². The van der Waals surface area contributed by atoms with E-state index >= 15 is 0 Å². The number of aliphatic hydroxyl groups is 1. The predicted octanol–water partition coefficient (Wildman–Crippen LogP) is 3.28. The Bertz CT molecular complexity index is 1090. The van der Waals surface area contributed by atoms with Crippen LogP contribution in [0, 0.1) is 0 Å². The number of phenolic OH excluding ortho intramolecular Hbond substituents is 1. The van der Waals surface area contributed by atoms with Crippen molar-refractivity contribution in [3.05, 3.63) is 48.7 Å². The Kier molecular flexibility index (Phi) is 8.42. The first kappa shape index (κ1) is 24.1. The van der Waals surface area contributed by atoms with Crippen molar-refractivity contribution >= 4 is 29.3 Å². The van der Waals surface area contributed by atoms with Gasteiger partial charge in [-0.2, -0.15) is 0 Å². The fraction of sp³-hybridized carbons (Fsp3) is 0.333. The molecule has 0 bridgehead atoms. The number of nitrogens with zero attached hydrogens (tertiary/aromatic N) is 2. The van der Waals surface area contributed by atoms with E-state index in [4.69, 9.17) is 15.6 Å². The van der Waals surface area contributed by atoms with Crippen LogP contribution in [-0.2, 0) is 0 Å². The summed E-state index contributed by atoms with van der Waals surface area (Å²) in [6.45, 7) is 2.70. The van der Waals surface area contributed by atoms with E-state index in [2.05, 4.69) is 25.3 Å². The molecule has 2 heterocycles. The van der Waals surface area contributed by atoms with Gasteiger partial charge in [0.05, 0.1) is 16.3 Å². The molecule has 10 heteroatoms. The zero-order valence-corrected chi connectivity index (χ0v) is 19.6. The van der Waals surface area contributed by atoms with Crippen LogP contribution >= 0.6 is 11.9 Å². The molecule has 1 saturated heterocycles. The Morgan fingerprint density at radius 1 is 1.15 bits per heavy atom. The van der Waals surface area contributed by atoms with Gasteiger partial charge in [0.25, 0.3) is 0 Å². The maximum atomic E-state index is 10.3. The van der Waals surface area contributed by atoms with Crippen molar-refractivity contribution in [2.24, 2.45) is 0 Å². The number of aromatic nitrogens is 2. The molecule has 0 saturated carbocycles. The minimum atomic E-state index is 0.129. The molecule has 3 aromatic rings. The third-order valence-electron chi connectivity index (χ3n) is 5.38. The lowest BCUT2D eigenvalue weighted by Gasteiger charge is -2.24. The van der Waals surface area contributed by atoms with Gasteiger partial charge in [-0.1, -0.05) is 0 Å². The summed E-state index contributed by atoms with van der Waals surface area (Å²) in [6.07, 6.45) is 4.45. The molecule has 9 nitrogen and oxygen atoms in total. The molecule has 1 fully saturated rings. The quantitative estimate of drug-likeness (QED) is 0.145. The van der Waals surface area contributed by atoms with E-state index in [1.54, 1.807) is 18.3 Å². The van der Waals surface area contributed by atoms with Crippen molar-refractivity contribution in [2.45, 2.75) is 30.3 Å². The smallest absolute Gasteiger partial charge is 0.227 e. The molecule has 0 aliphatic carbocycles. The van der Waals surface area contributed by atoms with Crippen LogP contribution in [-0.4, -0.2) is 52.5 Å². The van der Waals surface area contributed by atoms with Crippen LogP contribution in [0.1, 0.15) is 19.3 Å². The second-order valence-electron chi connectivity index (χ2n) is 7.97. The highest BCUT2D eigenvalue weighted by molar-refractivity contribution is 7.97. The molecule has 2 aromatic carbocycles. The van der Waals surface area contributed by atoms with Crippen molar-refractivity contribution in [3.8, 4) is 22.8 Å². The lowest BCUT2D eigenvalue weighted by atomic mass is 10.1. The minimum Gasteiger partial charge on any atom is -0.507 e. The summed E-state index contributed by atoms with van der Waals surface area (Å²) in [5.41, 5.74) is 9.11. The molecule has 0 unspecified atom stereocenters. The number of hydrogen-bond donors (Lipinski definition) is 6. The molecule has 7 N–H and O–H groups in total. The molecule has 1 aliphatic heterocycles. The SMILES string of the molecule is Nc1cc(-c2ccnc(Nc3ccc(SNCCCO)c(O)c3)n2)ccc1OC1CCNCC1. The number of nitrogens with one attached hydrogen (secondary N) is 3. The molecule has 1 aliphatic rings. The lowest BCUT2D eigenvalue weighted by Crippen LogP contribution is -2.34. The summed E-state index contributed by atoms with van der Waals surface area (Å²) in [7, 11) is 0. The number of nitrogen functional groups attached to an aromatic ring is 1. The molecule has 34 heavy (non-hydrogen) atoms. The van der Waals surface area contributed by atoms with Crippen molar-refractivity contribution in [3.63, 3.8) is 0 Å². The summed E-state index contributed by atoms with van der Waals surface area (Å²) in [6, 6.07) is 12.8. The number of hydrogen-bond acceptors (Lipinski definition) is 10. The van der Waals surface area contributed by atoms with Gasteiger partial charge in [0.15, 0.2) is 0 Å². The number of piperidine rings is 1. The normalized spacial score (nSPS) is 14.1. The van der Waals surface area contributed by atoms with Gasteiger partial charge in [-0.3, -0.25) is 4.72 Å². The summed E-state index contributed by atoms with van der Waals surface area (Å²) in [4.78, 5) is 9.58. The number of benzene rings is 2. The van der Waals surface area contributed by atoms with Crippen molar-refractivity contribution < 1.29 is 14.9 Å². The second kappa shape index (κ2) is 11.9. The molecule has 0 radical (unpaired) electrons. The largest absolute Gasteiger partial charge is 0.507 e. The molecule has 0 amide bonds. The van der Waals surface area contributed by atoms with E-state index in [0.717, 1.165) is 37.2 Å². The third-order valence-corrected chi connectivity index (χ3v) is 6.29. The first-order chi connectivity index (χ1) is 16.6. The van der Waals surface area contributed by atoms with E-state index < -0.39 is 0 Å². The standard InChI is InChI=1S/C24H30N6O3S/c25-19-14-16(2-4-22(19)33-18-6-10-26-11-7-18)20-8-12-27-24(30-20)29-17-3-5-23(21(32)15-17)34-28-9-1-13-31/h2-5,8,12,14-15,18,26,28,31-32H,1,6-7,9-11,13,25H2,(H,27,29,30). The maximum Gasteiger partial charge on any atom is 0.227 e. The van der Waals surface area contributed by atoms with Gasteiger partial charge < -0.3 is 31.3 Å². The average molecular weight is 483 g/mol. The van der Waals surface area contributed by atoms with Crippen LogP contribution in [0.2, 0.25) is 0 Å². The van der Waals surface area contributed by atoms with Gasteiger partial charge in [0.2, 0.25) is 5.95 Å². The Balaban J connectivity index is 1.42. The first-order valence-corrected chi connectivity index (χ1v) is 12.1. The average Bonchev–Trinajstić information content (AvgIpc) is 2.85. The lowest BCUT2D eigenvalue weighted by molar-refractivity contribution is 0.163. The predicted molar refractivity (Wildman–Crippen MR) is 135 cm³/mol. The Morgan fingerprint density at radius 3 is 2.76 bits per heavy atom. The monoisotopic (exact) mass is 482 g/mol. The van der Waals surface area contributed by atoms with E-state index in [0.29, 0.717) is 40.9 Å². The van der Waals surface area contributed by atoms with Gasteiger partial charge in [0, 0.05) is 36.7 Å². The zero-order chi connectivity index (χ0) is 23.8. The molecule has 180 valence electrons. The summed E-state index contributed by atoms with van der Waals surface area (Å²) < 4.78 is 9.19. The fourth-order valence-corrected chi connectivity index (χ4v) is 4.28.